The highest BCUT2D eigenvalue weighted by atomic mass is 16.1. The summed E-state index contributed by atoms with van der Waals surface area (Å²) < 4.78 is 0. The molecular weight excluding hydrogens is 214 g/mol. The van der Waals surface area contributed by atoms with Crippen LogP contribution in [-0.2, 0) is 6.54 Å². The van der Waals surface area contributed by atoms with E-state index in [1.807, 2.05) is 0 Å². The van der Waals surface area contributed by atoms with E-state index in [0.29, 0.717) is 18.0 Å². The Bertz CT molecular complexity index is 386. The highest BCUT2D eigenvalue weighted by molar-refractivity contribution is 5.94. The van der Waals surface area contributed by atoms with Crippen LogP contribution in [0.3, 0.4) is 0 Å². The predicted octanol–water partition coefficient (Wildman–Crippen LogP) is 1.46. The van der Waals surface area contributed by atoms with Crippen molar-refractivity contribution < 1.29 is 4.79 Å². The second-order valence-corrected chi connectivity index (χ2v) is 4.60. The Morgan fingerprint density at radius 2 is 2.24 bits per heavy atom. The molecule has 1 fully saturated rings. The summed E-state index contributed by atoms with van der Waals surface area (Å²) in [5.41, 5.74) is 6.90. The Hall–Kier alpha value is -1.42. The second-order valence-electron chi connectivity index (χ2n) is 4.60. The molecule has 4 nitrogen and oxygen atoms in total. The Balaban J connectivity index is 1.89. The van der Waals surface area contributed by atoms with Gasteiger partial charge in [-0.25, -0.2) is 0 Å². The van der Waals surface area contributed by atoms with Gasteiger partial charge in [-0.15, -0.1) is 0 Å². The van der Waals surface area contributed by atoms with Crippen LogP contribution in [0.5, 0.6) is 0 Å². The summed E-state index contributed by atoms with van der Waals surface area (Å²) in [6.45, 7) is 1.16. The minimum atomic E-state index is -0.0194. The minimum Gasteiger partial charge on any atom is -0.352 e. The molecule has 92 valence electrons. The lowest BCUT2D eigenvalue weighted by Crippen LogP contribution is -2.28. The lowest BCUT2D eigenvalue weighted by Gasteiger charge is -2.10. The van der Waals surface area contributed by atoms with Crippen LogP contribution in [0.1, 0.15) is 41.7 Å². The maximum Gasteiger partial charge on any atom is 0.251 e. The Kier molecular flexibility index (Phi) is 4.09. The number of carbonyl (C=O) groups is 1. The molecule has 1 aliphatic carbocycles. The third-order valence-corrected chi connectivity index (χ3v) is 3.31. The zero-order chi connectivity index (χ0) is 12.1. The lowest BCUT2D eigenvalue weighted by atomic mass is 10.1. The lowest BCUT2D eigenvalue weighted by molar-refractivity contribution is 0.0947. The van der Waals surface area contributed by atoms with E-state index in [4.69, 9.17) is 5.73 Å². The number of aromatic nitrogens is 1. The number of amides is 1. The fourth-order valence-corrected chi connectivity index (χ4v) is 2.28. The maximum atomic E-state index is 11.9. The van der Waals surface area contributed by atoms with E-state index < -0.39 is 0 Å². The highest BCUT2D eigenvalue weighted by Gasteiger charge is 2.16. The van der Waals surface area contributed by atoms with E-state index >= 15 is 0 Å². The first-order chi connectivity index (χ1) is 8.29. The molecule has 0 aromatic carbocycles. The van der Waals surface area contributed by atoms with Crippen LogP contribution in [0.2, 0.25) is 0 Å². The highest BCUT2D eigenvalue weighted by Crippen LogP contribution is 2.23. The number of hydrogen-bond donors (Lipinski definition) is 2. The maximum absolute atomic E-state index is 11.9. The van der Waals surface area contributed by atoms with Crippen LogP contribution in [0, 0.1) is 5.92 Å². The van der Waals surface area contributed by atoms with Gasteiger partial charge < -0.3 is 11.1 Å². The molecule has 1 aromatic heterocycles. The predicted molar refractivity (Wildman–Crippen MR) is 66.4 cm³/mol. The van der Waals surface area contributed by atoms with Gasteiger partial charge >= 0.3 is 0 Å². The quantitative estimate of drug-likeness (QED) is 0.827. The number of carbonyl (C=O) groups excluding carboxylic acids is 1. The molecule has 1 aromatic rings. The molecular formula is C13H19N3O. The molecule has 0 spiro atoms. The van der Waals surface area contributed by atoms with E-state index in [-0.39, 0.29) is 5.91 Å². The zero-order valence-electron chi connectivity index (χ0n) is 9.98. The third-order valence-electron chi connectivity index (χ3n) is 3.31. The summed E-state index contributed by atoms with van der Waals surface area (Å²) in [6.07, 6.45) is 6.71. The standard InChI is InChI=1S/C13H19N3O/c14-8-12-7-11(5-6-15-12)13(17)16-9-10-3-1-2-4-10/h5-7,10H,1-4,8-9,14H2,(H,16,17). The number of nitrogens with zero attached hydrogens (tertiary/aromatic N) is 1. The van der Waals surface area contributed by atoms with Gasteiger partial charge in [-0.05, 0) is 30.9 Å². The summed E-state index contributed by atoms with van der Waals surface area (Å²) in [5, 5.41) is 2.98. The van der Waals surface area contributed by atoms with Crippen LogP contribution < -0.4 is 11.1 Å². The van der Waals surface area contributed by atoms with E-state index in [2.05, 4.69) is 10.3 Å². The van der Waals surface area contributed by atoms with Gasteiger partial charge in [0.05, 0.1) is 5.69 Å². The van der Waals surface area contributed by atoms with Crippen LogP contribution in [0.15, 0.2) is 18.3 Å². The monoisotopic (exact) mass is 233 g/mol. The van der Waals surface area contributed by atoms with Crippen LogP contribution in [0.4, 0.5) is 0 Å². The number of hydrogen-bond acceptors (Lipinski definition) is 3. The van der Waals surface area contributed by atoms with Gasteiger partial charge in [0.2, 0.25) is 0 Å². The van der Waals surface area contributed by atoms with Crippen LogP contribution >= 0.6 is 0 Å². The molecule has 2 rings (SSSR count). The third kappa shape index (κ3) is 3.27. The number of nitrogens with one attached hydrogen (secondary N) is 1. The molecule has 0 bridgehead atoms. The van der Waals surface area contributed by atoms with Gasteiger partial charge in [0, 0.05) is 24.8 Å². The fourth-order valence-electron chi connectivity index (χ4n) is 2.28. The molecule has 0 aliphatic heterocycles. The van der Waals surface area contributed by atoms with Gasteiger partial charge in [0.1, 0.15) is 0 Å². The van der Waals surface area contributed by atoms with Gasteiger partial charge in [0.15, 0.2) is 0 Å². The van der Waals surface area contributed by atoms with E-state index in [9.17, 15) is 4.79 Å². The number of nitrogens with two attached hydrogens (primary N) is 1. The molecule has 3 N–H and O–H groups in total. The largest absolute Gasteiger partial charge is 0.352 e. The molecule has 0 atom stereocenters. The first-order valence-electron chi connectivity index (χ1n) is 6.23. The molecule has 4 heteroatoms. The van der Waals surface area contributed by atoms with E-state index in [1.165, 1.54) is 25.7 Å². The summed E-state index contributed by atoms with van der Waals surface area (Å²) in [7, 11) is 0. The first kappa shape index (κ1) is 12.0. The van der Waals surface area contributed by atoms with Gasteiger partial charge in [-0.1, -0.05) is 12.8 Å². The molecule has 1 aliphatic rings. The number of rotatable bonds is 4. The first-order valence-corrected chi connectivity index (χ1v) is 6.23. The fraction of sp³-hybridized carbons (Fsp3) is 0.538. The Morgan fingerprint density at radius 3 is 2.94 bits per heavy atom. The van der Waals surface area contributed by atoms with E-state index in [1.54, 1.807) is 18.3 Å². The summed E-state index contributed by atoms with van der Waals surface area (Å²) in [6, 6.07) is 3.48. The van der Waals surface area contributed by atoms with Crippen molar-refractivity contribution in [2.24, 2.45) is 11.7 Å². The normalized spacial score (nSPS) is 16.1. The van der Waals surface area contributed by atoms with Crippen molar-refractivity contribution in [3.63, 3.8) is 0 Å². The van der Waals surface area contributed by atoms with Crippen molar-refractivity contribution >= 4 is 5.91 Å². The average Bonchev–Trinajstić information content (AvgIpc) is 2.89. The number of pyridine rings is 1. The van der Waals surface area contributed by atoms with Crippen LogP contribution in [-0.4, -0.2) is 17.4 Å². The summed E-state index contributed by atoms with van der Waals surface area (Å²) in [4.78, 5) is 16.0. The van der Waals surface area contributed by atoms with Crippen LogP contribution in [0.25, 0.3) is 0 Å². The smallest absolute Gasteiger partial charge is 0.251 e. The molecule has 0 radical (unpaired) electrons. The summed E-state index contributed by atoms with van der Waals surface area (Å²) in [5.74, 6) is 0.642. The van der Waals surface area contributed by atoms with Gasteiger partial charge in [-0.2, -0.15) is 0 Å². The van der Waals surface area contributed by atoms with Crippen molar-refractivity contribution in [2.45, 2.75) is 32.2 Å². The van der Waals surface area contributed by atoms with Crippen molar-refractivity contribution in [3.05, 3.63) is 29.6 Å². The second kappa shape index (κ2) is 5.77. The van der Waals surface area contributed by atoms with Gasteiger partial charge in [0.25, 0.3) is 5.91 Å². The zero-order valence-corrected chi connectivity index (χ0v) is 9.98. The summed E-state index contributed by atoms with van der Waals surface area (Å²) >= 11 is 0. The SMILES string of the molecule is NCc1cc(C(=O)NCC2CCCC2)ccn1. The molecule has 1 amide bonds. The topological polar surface area (TPSA) is 68.0 Å². The Labute approximate surface area is 102 Å². The Morgan fingerprint density at radius 1 is 1.47 bits per heavy atom. The van der Waals surface area contributed by atoms with Gasteiger partial charge in [-0.3, -0.25) is 9.78 Å². The molecule has 17 heavy (non-hydrogen) atoms. The van der Waals surface area contributed by atoms with Crippen molar-refractivity contribution in [3.8, 4) is 0 Å². The molecule has 1 saturated carbocycles. The molecule has 0 saturated heterocycles. The van der Waals surface area contributed by atoms with Crippen molar-refractivity contribution in [2.75, 3.05) is 6.54 Å². The average molecular weight is 233 g/mol. The molecule has 1 heterocycles. The van der Waals surface area contributed by atoms with Crippen molar-refractivity contribution in [1.29, 1.82) is 0 Å². The minimum absolute atomic E-state index is 0.0194. The van der Waals surface area contributed by atoms with E-state index in [0.717, 1.165) is 12.2 Å². The molecule has 0 unspecified atom stereocenters. The van der Waals surface area contributed by atoms with Crippen molar-refractivity contribution in [1.82, 2.24) is 10.3 Å².